The number of halogens is 1. The lowest BCUT2D eigenvalue weighted by Gasteiger charge is -2.03. The summed E-state index contributed by atoms with van der Waals surface area (Å²) in [6.07, 6.45) is 3.72. The van der Waals surface area contributed by atoms with E-state index in [2.05, 4.69) is 5.10 Å². The number of hydrogen-bond acceptors (Lipinski definition) is 3. The van der Waals surface area contributed by atoms with E-state index >= 15 is 0 Å². The lowest BCUT2D eigenvalue weighted by molar-refractivity contribution is 0.282. The molecule has 16 heavy (non-hydrogen) atoms. The minimum Gasteiger partial charge on any atom is -0.392 e. The largest absolute Gasteiger partial charge is 0.392 e. The summed E-state index contributed by atoms with van der Waals surface area (Å²) in [5, 5.41) is 13.7. The van der Waals surface area contributed by atoms with Gasteiger partial charge in [-0.3, -0.25) is 4.68 Å². The molecule has 84 valence electrons. The average molecular weight is 255 g/mol. The molecular weight excluding hydrogens is 244 g/mol. The summed E-state index contributed by atoms with van der Waals surface area (Å²) in [6.45, 7) is 0.0115. The maximum Gasteiger partial charge on any atom is 0.0682 e. The molecule has 0 bridgehead atoms. The topological polar surface area (TPSA) is 38.0 Å². The van der Waals surface area contributed by atoms with Crippen molar-refractivity contribution in [1.82, 2.24) is 9.78 Å². The minimum absolute atomic E-state index is 0.0115. The summed E-state index contributed by atoms with van der Waals surface area (Å²) in [4.78, 5) is 2.01. The van der Waals surface area contributed by atoms with Crippen LogP contribution in [0.5, 0.6) is 0 Å². The Morgan fingerprint density at radius 1 is 1.50 bits per heavy atom. The van der Waals surface area contributed by atoms with Crippen LogP contribution in [0.4, 0.5) is 0 Å². The van der Waals surface area contributed by atoms with E-state index < -0.39 is 0 Å². The van der Waals surface area contributed by atoms with Crippen molar-refractivity contribution in [3.8, 4) is 0 Å². The standard InChI is InChI=1S/C11H11ClN2OS/c1-14-6-9(5-13-14)16-11-3-2-8(7-15)4-10(11)12/h2-6,15H,7H2,1H3. The van der Waals surface area contributed by atoms with Gasteiger partial charge < -0.3 is 5.11 Å². The Morgan fingerprint density at radius 2 is 2.31 bits per heavy atom. The van der Waals surface area contributed by atoms with Crippen LogP contribution in [0.2, 0.25) is 5.02 Å². The zero-order chi connectivity index (χ0) is 11.5. The average Bonchev–Trinajstić information content (AvgIpc) is 2.67. The van der Waals surface area contributed by atoms with E-state index in [1.807, 2.05) is 25.4 Å². The number of aliphatic hydroxyl groups excluding tert-OH is 1. The van der Waals surface area contributed by atoms with Crippen molar-refractivity contribution in [2.75, 3.05) is 0 Å². The molecule has 2 aromatic rings. The molecule has 1 N–H and O–H groups in total. The molecule has 1 heterocycles. The lowest BCUT2D eigenvalue weighted by Crippen LogP contribution is -1.84. The summed E-state index contributed by atoms with van der Waals surface area (Å²) >= 11 is 7.66. The molecular formula is C11H11ClN2OS. The molecule has 0 atom stereocenters. The molecule has 1 aromatic carbocycles. The Kier molecular flexibility index (Phi) is 3.53. The van der Waals surface area contributed by atoms with Gasteiger partial charge in [0.2, 0.25) is 0 Å². The molecule has 0 unspecified atom stereocenters. The Bertz CT molecular complexity index is 498. The number of aliphatic hydroxyl groups is 1. The first-order chi connectivity index (χ1) is 7.69. The Balaban J connectivity index is 2.21. The van der Waals surface area contributed by atoms with Crippen molar-refractivity contribution >= 4 is 23.4 Å². The number of benzene rings is 1. The second-order valence-electron chi connectivity index (χ2n) is 3.37. The second-order valence-corrected chi connectivity index (χ2v) is 4.90. The number of aryl methyl sites for hydroxylation is 1. The summed E-state index contributed by atoms with van der Waals surface area (Å²) in [5.41, 5.74) is 0.820. The Labute approximate surface area is 103 Å². The number of rotatable bonds is 3. The zero-order valence-electron chi connectivity index (χ0n) is 8.72. The van der Waals surface area contributed by atoms with E-state index in [9.17, 15) is 0 Å². The molecule has 0 aliphatic carbocycles. The first kappa shape index (κ1) is 11.5. The van der Waals surface area contributed by atoms with E-state index in [4.69, 9.17) is 16.7 Å². The van der Waals surface area contributed by atoms with Crippen LogP contribution in [0.15, 0.2) is 40.4 Å². The third-order valence-corrected chi connectivity index (χ3v) is 3.54. The van der Waals surface area contributed by atoms with Gasteiger partial charge in [-0.2, -0.15) is 5.10 Å². The zero-order valence-corrected chi connectivity index (χ0v) is 10.3. The van der Waals surface area contributed by atoms with Crippen molar-refractivity contribution in [3.05, 3.63) is 41.2 Å². The molecule has 0 aliphatic rings. The van der Waals surface area contributed by atoms with Crippen LogP contribution in [-0.4, -0.2) is 14.9 Å². The number of hydrogen-bond donors (Lipinski definition) is 1. The lowest BCUT2D eigenvalue weighted by atomic mass is 10.2. The van der Waals surface area contributed by atoms with Gasteiger partial charge in [0.05, 0.1) is 22.7 Å². The predicted octanol–water partition coefficient (Wildman–Crippen LogP) is 2.72. The van der Waals surface area contributed by atoms with Gasteiger partial charge in [-0.15, -0.1) is 0 Å². The van der Waals surface area contributed by atoms with Crippen molar-refractivity contribution in [2.45, 2.75) is 16.4 Å². The number of aromatic nitrogens is 2. The van der Waals surface area contributed by atoms with Gasteiger partial charge in [0.15, 0.2) is 0 Å². The summed E-state index contributed by atoms with van der Waals surface area (Å²) in [6, 6.07) is 5.55. The molecule has 0 spiro atoms. The minimum atomic E-state index is 0.0115. The van der Waals surface area contributed by atoms with Crippen LogP contribution < -0.4 is 0 Å². The maximum absolute atomic E-state index is 8.97. The normalized spacial score (nSPS) is 10.7. The fraction of sp³-hybridized carbons (Fsp3) is 0.182. The molecule has 1 aromatic heterocycles. The molecule has 3 nitrogen and oxygen atoms in total. The molecule has 0 radical (unpaired) electrons. The predicted molar refractivity (Wildman–Crippen MR) is 64.7 cm³/mol. The van der Waals surface area contributed by atoms with E-state index in [0.717, 1.165) is 15.4 Å². The molecule has 2 rings (SSSR count). The van der Waals surface area contributed by atoms with Crippen LogP contribution in [0.3, 0.4) is 0 Å². The SMILES string of the molecule is Cn1cc(Sc2ccc(CO)cc2Cl)cn1. The summed E-state index contributed by atoms with van der Waals surface area (Å²) < 4.78 is 1.75. The van der Waals surface area contributed by atoms with E-state index in [0.29, 0.717) is 5.02 Å². The Morgan fingerprint density at radius 3 is 2.88 bits per heavy atom. The highest BCUT2D eigenvalue weighted by Gasteiger charge is 2.05. The van der Waals surface area contributed by atoms with Gasteiger partial charge in [0, 0.05) is 18.1 Å². The van der Waals surface area contributed by atoms with Crippen LogP contribution in [0, 0.1) is 0 Å². The van der Waals surface area contributed by atoms with Crippen molar-refractivity contribution < 1.29 is 5.11 Å². The van der Waals surface area contributed by atoms with Crippen LogP contribution in [-0.2, 0) is 13.7 Å². The smallest absolute Gasteiger partial charge is 0.0682 e. The van der Waals surface area contributed by atoms with E-state index in [-0.39, 0.29) is 6.61 Å². The maximum atomic E-state index is 8.97. The van der Waals surface area contributed by atoms with E-state index in [1.54, 1.807) is 28.7 Å². The summed E-state index contributed by atoms with van der Waals surface area (Å²) in [7, 11) is 1.88. The molecule has 0 aliphatic heterocycles. The first-order valence-electron chi connectivity index (χ1n) is 4.75. The fourth-order valence-electron chi connectivity index (χ4n) is 1.30. The van der Waals surface area contributed by atoms with Gasteiger partial charge in [-0.25, -0.2) is 0 Å². The van der Waals surface area contributed by atoms with Crippen LogP contribution >= 0.6 is 23.4 Å². The summed E-state index contributed by atoms with van der Waals surface area (Å²) in [5.74, 6) is 0. The Hall–Kier alpha value is -0.970. The highest BCUT2D eigenvalue weighted by molar-refractivity contribution is 7.99. The molecule has 0 fully saturated rings. The van der Waals surface area contributed by atoms with Crippen LogP contribution in [0.25, 0.3) is 0 Å². The van der Waals surface area contributed by atoms with Gasteiger partial charge >= 0.3 is 0 Å². The van der Waals surface area contributed by atoms with Gasteiger partial charge in [0.1, 0.15) is 0 Å². The first-order valence-corrected chi connectivity index (χ1v) is 5.94. The van der Waals surface area contributed by atoms with Gasteiger partial charge in [-0.05, 0) is 17.7 Å². The second kappa shape index (κ2) is 4.91. The molecule has 0 saturated carbocycles. The van der Waals surface area contributed by atoms with Crippen molar-refractivity contribution in [3.63, 3.8) is 0 Å². The van der Waals surface area contributed by atoms with Gasteiger partial charge in [0.25, 0.3) is 0 Å². The third kappa shape index (κ3) is 2.58. The van der Waals surface area contributed by atoms with Gasteiger partial charge in [-0.1, -0.05) is 29.4 Å². The molecule has 0 saturated heterocycles. The van der Waals surface area contributed by atoms with Crippen molar-refractivity contribution in [2.24, 2.45) is 7.05 Å². The quantitative estimate of drug-likeness (QED) is 0.915. The monoisotopic (exact) mass is 254 g/mol. The van der Waals surface area contributed by atoms with E-state index in [1.165, 1.54) is 0 Å². The van der Waals surface area contributed by atoms with Crippen LogP contribution in [0.1, 0.15) is 5.56 Å². The highest BCUT2D eigenvalue weighted by atomic mass is 35.5. The van der Waals surface area contributed by atoms with Crippen molar-refractivity contribution in [1.29, 1.82) is 0 Å². The highest BCUT2D eigenvalue weighted by Crippen LogP contribution is 2.33. The number of nitrogens with zero attached hydrogens (tertiary/aromatic N) is 2. The third-order valence-electron chi connectivity index (χ3n) is 2.09. The molecule has 5 heteroatoms. The molecule has 0 amide bonds. The fourth-order valence-corrected chi connectivity index (χ4v) is 2.47.